The monoisotopic (exact) mass is 380 g/mol. The number of amides is 1. The molecular formula is C14H18Cl2N2O4S. The molecular weight excluding hydrogens is 363 g/mol. The van der Waals surface area contributed by atoms with E-state index in [1.165, 1.54) is 18.2 Å². The van der Waals surface area contributed by atoms with Gasteiger partial charge in [-0.3, -0.25) is 9.10 Å². The molecule has 0 radical (unpaired) electrons. The van der Waals surface area contributed by atoms with Crippen molar-refractivity contribution in [1.29, 1.82) is 0 Å². The van der Waals surface area contributed by atoms with Gasteiger partial charge in [0.15, 0.2) is 0 Å². The molecule has 1 aliphatic rings. The number of rotatable bonds is 6. The van der Waals surface area contributed by atoms with Crippen LogP contribution in [0.2, 0.25) is 10.0 Å². The fourth-order valence-corrected chi connectivity index (χ4v) is 3.40. The Labute approximate surface area is 145 Å². The molecule has 1 aromatic carbocycles. The summed E-state index contributed by atoms with van der Waals surface area (Å²) in [6, 6.07) is 4.41. The molecule has 128 valence electrons. The molecule has 0 bridgehead atoms. The molecule has 2 rings (SSSR count). The van der Waals surface area contributed by atoms with Crippen LogP contribution in [0.5, 0.6) is 0 Å². The average Bonchev–Trinajstić information content (AvgIpc) is 2.98. The van der Waals surface area contributed by atoms with Gasteiger partial charge in [-0.2, -0.15) is 0 Å². The van der Waals surface area contributed by atoms with Crippen molar-refractivity contribution in [3.63, 3.8) is 0 Å². The number of nitrogens with one attached hydrogen (secondary N) is 1. The van der Waals surface area contributed by atoms with Crippen LogP contribution >= 0.6 is 23.2 Å². The van der Waals surface area contributed by atoms with E-state index in [0.29, 0.717) is 18.2 Å². The lowest BCUT2D eigenvalue weighted by molar-refractivity contribution is -0.120. The van der Waals surface area contributed by atoms with E-state index in [9.17, 15) is 13.2 Å². The van der Waals surface area contributed by atoms with Gasteiger partial charge in [0.05, 0.1) is 28.1 Å². The Morgan fingerprint density at radius 2 is 2.13 bits per heavy atom. The van der Waals surface area contributed by atoms with Crippen molar-refractivity contribution in [2.45, 2.75) is 18.9 Å². The summed E-state index contributed by atoms with van der Waals surface area (Å²) in [7, 11) is -3.64. The third-order valence-corrected chi connectivity index (χ3v) is 5.31. The first kappa shape index (κ1) is 18.3. The molecule has 9 heteroatoms. The summed E-state index contributed by atoms with van der Waals surface area (Å²) in [4.78, 5) is 12.1. The number of halogens is 2. The molecule has 0 saturated carbocycles. The number of carbonyl (C=O) groups is 1. The number of benzene rings is 1. The standard InChI is InChI=1S/C14H18Cl2N2O4S/c1-23(20,21)18(10-4-5-12(15)13(16)7-10)9-14(19)17-8-11-3-2-6-22-11/h4-5,7,11H,2-3,6,8-9H2,1H3,(H,17,19)/t11-/m1/s1. The normalized spacial score (nSPS) is 18.0. The quantitative estimate of drug-likeness (QED) is 0.819. The van der Waals surface area contributed by atoms with Gasteiger partial charge in [0.25, 0.3) is 0 Å². The van der Waals surface area contributed by atoms with E-state index >= 15 is 0 Å². The Kier molecular flexibility index (Phi) is 6.13. The minimum atomic E-state index is -3.64. The largest absolute Gasteiger partial charge is 0.376 e. The van der Waals surface area contributed by atoms with Crippen molar-refractivity contribution in [3.05, 3.63) is 28.2 Å². The van der Waals surface area contributed by atoms with Crippen LogP contribution in [-0.4, -0.2) is 46.4 Å². The van der Waals surface area contributed by atoms with Crippen LogP contribution in [-0.2, 0) is 19.6 Å². The van der Waals surface area contributed by atoms with Crippen LogP contribution in [0.15, 0.2) is 18.2 Å². The fourth-order valence-electron chi connectivity index (χ4n) is 2.26. The molecule has 1 fully saturated rings. The number of hydrogen-bond acceptors (Lipinski definition) is 4. The van der Waals surface area contributed by atoms with Crippen LogP contribution in [0.4, 0.5) is 5.69 Å². The SMILES string of the molecule is CS(=O)(=O)N(CC(=O)NC[C@H]1CCCO1)c1ccc(Cl)c(Cl)c1. The lowest BCUT2D eigenvalue weighted by Crippen LogP contribution is -2.42. The summed E-state index contributed by atoms with van der Waals surface area (Å²) in [5.74, 6) is -0.406. The highest BCUT2D eigenvalue weighted by Gasteiger charge is 2.22. The molecule has 1 N–H and O–H groups in total. The Bertz CT molecular complexity index is 675. The van der Waals surface area contributed by atoms with E-state index < -0.39 is 15.9 Å². The highest BCUT2D eigenvalue weighted by Crippen LogP contribution is 2.28. The number of hydrogen-bond donors (Lipinski definition) is 1. The zero-order valence-electron chi connectivity index (χ0n) is 12.6. The van der Waals surface area contributed by atoms with Gasteiger partial charge in [-0.25, -0.2) is 8.42 Å². The molecule has 0 aromatic heterocycles. The van der Waals surface area contributed by atoms with Crippen molar-refractivity contribution in [1.82, 2.24) is 5.32 Å². The minimum Gasteiger partial charge on any atom is -0.376 e. The minimum absolute atomic E-state index is 0.00406. The Morgan fingerprint density at radius 3 is 2.70 bits per heavy atom. The van der Waals surface area contributed by atoms with Gasteiger partial charge < -0.3 is 10.1 Å². The summed E-state index contributed by atoms with van der Waals surface area (Å²) in [6.07, 6.45) is 2.89. The fraction of sp³-hybridized carbons (Fsp3) is 0.500. The van der Waals surface area contributed by atoms with Crippen LogP contribution in [0.25, 0.3) is 0 Å². The average molecular weight is 381 g/mol. The molecule has 1 saturated heterocycles. The summed E-state index contributed by atoms with van der Waals surface area (Å²) >= 11 is 11.8. The maximum absolute atomic E-state index is 12.1. The zero-order chi connectivity index (χ0) is 17.0. The van der Waals surface area contributed by atoms with Gasteiger partial charge in [-0.1, -0.05) is 23.2 Å². The zero-order valence-corrected chi connectivity index (χ0v) is 14.9. The Morgan fingerprint density at radius 1 is 1.39 bits per heavy atom. The van der Waals surface area contributed by atoms with E-state index in [1.807, 2.05) is 0 Å². The van der Waals surface area contributed by atoms with Gasteiger partial charge >= 0.3 is 0 Å². The van der Waals surface area contributed by atoms with Crippen molar-refractivity contribution >= 4 is 44.8 Å². The number of nitrogens with zero attached hydrogens (tertiary/aromatic N) is 1. The van der Waals surface area contributed by atoms with Crippen LogP contribution < -0.4 is 9.62 Å². The van der Waals surface area contributed by atoms with Crippen molar-refractivity contribution < 1.29 is 17.9 Å². The van der Waals surface area contributed by atoms with E-state index in [4.69, 9.17) is 27.9 Å². The van der Waals surface area contributed by atoms with E-state index in [-0.39, 0.29) is 23.4 Å². The molecule has 1 amide bonds. The number of carbonyl (C=O) groups excluding carboxylic acids is 1. The molecule has 0 spiro atoms. The maximum Gasteiger partial charge on any atom is 0.240 e. The topological polar surface area (TPSA) is 75.7 Å². The van der Waals surface area contributed by atoms with Gasteiger partial charge in [0, 0.05) is 13.2 Å². The van der Waals surface area contributed by atoms with Crippen molar-refractivity contribution in [2.24, 2.45) is 0 Å². The van der Waals surface area contributed by atoms with Crippen molar-refractivity contribution in [2.75, 3.05) is 30.3 Å². The number of ether oxygens (including phenoxy) is 1. The first-order valence-electron chi connectivity index (χ1n) is 7.08. The van der Waals surface area contributed by atoms with E-state index in [2.05, 4.69) is 5.32 Å². The third-order valence-electron chi connectivity index (χ3n) is 3.43. The Hall–Kier alpha value is -1.02. The van der Waals surface area contributed by atoms with Gasteiger partial charge in [-0.15, -0.1) is 0 Å². The molecule has 23 heavy (non-hydrogen) atoms. The molecule has 0 aliphatic carbocycles. The van der Waals surface area contributed by atoms with Crippen LogP contribution in [0, 0.1) is 0 Å². The summed E-state index contributed by atoms with van der Waals surface area (Å²) in [6.45, 7) is 0.737. The van der Waals surface area contributed by atoms with Gasteiger partial charge in [-0.05, 0) is 31.0 Å². The molecule has 1 atom stereocenters. The summed E-state index contributed by atoms with van der Waals surface area (Å²) in [5, 5.41) is 3.23. The second kappa shape index (κ2) is 7.70. The summed E-state index contributed by atoms with van der Waals surface area (Å²) < 4.78 is 30.3. The summed E-state index contributed by atoms with van der Waals surface area (Å²) in [5.41, 5.74) is 0.286. The first-order valence-corrected chi connectivity index (χ1v) is 9.69. The lowest BCUT2D eigenvalue weighted by Gasteiger charge is -2.22. The molecule has 0 unspecified atom stereocenters. The molecule has 1 heterocycles. The van der Waals surface area contributed by atoms with Crippen LogP contribution in [0.1, 0.15) is 12.8 Å². The molecule has 1 aliphatic heterocycles. The molecule has 6 nitrogen and oxygen atoms in total. The highest BCUT2D eigenvalue weighted by molar-refractivity contribution is 7.92. The predicted octanol–water partition coefficient (Wildman–Crippen LogP) is 2.05. The second-order valence-corrected chi connectivity index (χ2v) is 8.03. The van der Waals surface area contributed by atoms with Gasteiger partial charge in [0.2, 0.25) is 15.9 Å². The first-order chi connectivity index (χ1) is 10.8. The number of anilines is 1. The van der Waals surface area contributed by atoms with E-state index in [1.54, 1.807) is 0 Å². The van der Waals surface area contributed by atoms with Crippen LogP contribution in [0.3, 0.4) is 0 Å². The lowest BCUT2D eigenvalue weighted by atomic mass is 10.2. The molecule has 1 aromatic rings. The maximum atomic E-state index is 12.1. The van der Waals surface area contributed by atoms with Crippen molar-refractivity contribution in [3.8, 4) is 0 Å². The van der Waals surface area contributed by atoms with E-state index in [0.717, 1.165) is 23.4 Å². The number of sulfonamides is 1. The smallest absolute Gasteiger partial charge is 0.240 e. The predicted molar refractivity (Wildman–Crippen MR) is 90.6 cm³/mol. The van der Waals surface area contributed by atoms with Gasteiger partial charge in [0.1, 0.15) is 6.54 Å². The highest BCUT2D eigenvalue weighted by atomic mass is 35.5. The second-order valence-electron chi connectivity index (χ2n) is 5.31. The third kappa shape index (κ3) is 5.24. The Balaban J connectivity index is 2.06.